The predicted molar refractivity (Wildman–Crippen MR) is 143 cm³/mol. The van der Waals surface area contributed by atoms with E-state index in [1.807, 2.05) is 13.8 Å². The second-order valence-corrected chi connectivity index (χ2v) is 10.8. The molecule has 0 saturated carbocycles. The predicted octanol–water partition coefficient (Wildman–Crippen LogP) is 7.76. The topological polar surface area (TPSA) is 36.9 Å². The van der Waals surface area contributed by atoms with Crippen LogP contribution in [0.1, 0.15) is 36.1 Å². The fourth-order valence-corrected chi connectivity index (χ4v) is 5.77. The van der Waals surface area contributed by atoms with Crippen molar-refractivity contribution in [3.05, 3.63) is 77.0 Å². The molecular weight excluding hydrogens is 428 g/mol. The van der Waals surface area contributed by atoms with Crippen molar-refractivity contribution in [2.45, 2.75) is 41.0 Å². The molecule has 1 aliphatic heterocycles. The smallest absolute Gasteiger partial charge is 0.228 e. The van der Waals surface area contributed by atoms with Gasteiger partial charge < -0.3 is 4.74 Å². The van der Waals surface area contributed by atoms with Gasteiger partial charge in [-0.05, 0) is 79.8 Å². The van der Waals surface area contributed by atoms with Gasteiger partial charge in [-0.15, -0.1) is 0 Å². The lowest BCUT2D eigenvalue weighted by molar-refractivity contribution is -0.659. The highest BCUT2D eigenvalue weighted by molar-refractivity contribution is 6.16. The number of hydrogen-bond acceptors (Lipinski definition) is 2. The highest BCUT2D eigenvalue weighted by atomic mass is 16.5. The maximum absolute atomic E-state index is 9.55. The summed E-state index contributed by atoms with van der Waals surface area (Å²) in [5, 5.41) is 16.8. The van der Waals surface area contributed by atoms with Crippen LogP contribution in [0.25, 0.3) is 43.6 Å². The van der Waals surface area contributed by atoms with Crippen molar-refractivity contribution in [2.75, 3.05) is 0 Å². The Balaban J connectivity index is 1.71. The van der Waals surface area contributed by atoms with Crippen LogP contribution < -0.4 is 9.30 Å². The first-order chi connectivity index (χ1) is 16.7. The van der Waals surface area contributed by atoms with Crippen LogP contribution in [-0.2, 0) is 13.5 Å². The molecule has 0 N–H and O–H groups in total. The van der Waals surface area contributed by atoms with Gasteiger partial charge in [0.1, 0.15) is 18.5 Å². The summed E-state index contributed by atoms with van der Waals surface area (Å²) in [7, 11) is 2.12. The average molecular weight is 458 g/mol. The Hall–Kier alpha value is -3.90. The Kier molecular flexibility index (Phi) is 4.51. The van der Waals surface area contributed by atoms with Crippen LogP contribution in [0, 0.1) is 37.5 Å². The van der Waals surface area contributed by atoms with E-state index in [1.54, 1.807) is 0 Å². The number of benzene rings is 4. The molecule has 0 aliphatic carbocycles. The number of aryl methyl sites for hydroxylation is 4. The molecule has 172 valence electrons. The van der Waals surface area contributed by atoms with Gasteiger partial charge >= 0.3 is 0 Å². The van der Waals surface area contributed by atoms with E-state index in [4.69, 9.17) is 4.74 Å². The Morgan fingerprint density at radius 1 is 0.886 bits per heavy atom. The van der Waals surface area contributed by atoms with E-state index in [-0.39, 0.29) is 0 Å². The van der Waals surface area contributed by atoms with Gasteiger partial charge in [0.05, 0.1) is 22.4 Å². The fraction of sp³-hybridized carbons (Fsp3) is 0.250. The highest BCUT2D eigenvalue weighted by Gasteiger charge is 2.32. The van der Waals surface area contributed by atoms with Crippen molar-refractivity contribution in [1.82, 2.24) is 0 Å². The van der Waals surface area contributed by atoms with Gasteiger partial charge in [-0.1, -0.05) is 42.0 Å². The molecular formula is C32H29N2O+. The molecule has 0 bridgehead atoms. The minimum atomic E-state index is -0.400. The largest absolute Gasteiger partial charge is 0.455 e. The Bertz CT molecular complexity index is 1770. The third kappa shape index (κ3) is 3.13. The summed E-state index contributed by atoms with van der Waals surface area (Å²) in [6.45, 7) is 10.5. The fourth-order valence-electron chi connectivity index (χ4n) is 5.77. The zero-order valence-electron chi connectivity index (χ0n) is 21.2. The van der Waals surface area contributed by atoms with Crippen LogP contribution in [0.5, 0.6) is 11.5 Å². The second-order valence-electron chi connectivity index (χ2n) is 10.8. The van der Waals surface area contributed by atoms with E-state index in [0.717, 1.165) is 28.7 Å². The van der Waals surface area contributed by atoms with Gasteiger partial charge in [0.25, 0.3) is 0 Å². The molecule has 35 heavy (non-hydrogen) atoms. The zero-order chi connectivity index (χ0) is 24.6. The lowest BCUT2D eigenvalue weighted by Crippen LogP contribution is -2.32. The van der Waals surface area contributed by atoms with Crippen molar-refractivity contribution < 1.29 is 9.30 Å². The zero-order valence-corrected chi connectivity index (χ0v) is 21.2. The number of aromatic nitrogens is 1. The number of pyridine rings is 1. The number of hydrogen-bond donors (Lipinski definition) is 0. The summed E-state index contributed by atoms with van der Waals surface area (Å²) in [4.78, 5) is 0. The van der Waals surface area contributed by atoms with E-state index in [1.165, 1.54) is 55.1 Å². The third-order valence-corrected chi connectivity index (χ3v) is 7.59. The number of rotatable bonds is 2. The van der Waals surface area contributed by atoms with Crippen LogP contribution in [0.3, 0.4) is 0 Å². The number of nitriles is 1. The summed E-state index contributed by atoms with van der Waals surface area (Å²) in [6, 6.07) is 20.1. The van der Waals surface area contributed by atoms with E-state index >= 15 is 0 Å². The summed E-state index contributed by atoms with van der Waals surface area (Å²) in [5.41, 5.74) is 6.86. The SMILES string of the molecule is Cc1ccc2c(C)c3c(c(C)c2c1)-c1c2c(cc4ccc(CC(C)(C)C#N)cc4c2cc[n+]1C)O3. The Labute approximate surface area is 206 Å². The molecule has 5 aromatic rings. The molecule has 0 fully saturated rings. The van der Waals surface area contributed by atoms with E-state index in [2.05, 4.69) is 93.2 Å². The van der Waals surface area contributed by atoms with Crippen molar-refractivity contribution in [2.24, 2.45) is 12.5 Å². The number of ether oxygens (including phenoxy) is 1. The summed E-state index contributed by atoms with van der Waals surface area (Å²) < 4.78 is 8.97. The average Bonchev–Trinajstić information content (AvgIpc) is 2.83. The molecule has 1 aliphatic rings. The maximum atomic E-state index is 9.55. The minimum Gasteiger partial charge on any atom is -0.455 e. The molecule has 0 unspecified atom stereocenters. The van der Waals surface area contributed by atoms with Gasteiger partial charge in [0.15, 0.2) is 6.20 Å². The lowest BCUT2D eigenvalue weighted by Gasteiger charge is -2.25. The monoisotopic (exact) mass is 457 g/mol. The van der Waals surface area contributed by atoms with Crippen molar-refractivity contribution in [3.8, 4) is 28.8 Å². The van der Waals surface area contributed by atoms with Crippen LogP contribution in [0.4, 0.5) is 0 Å². The quantitative estimate of drug-likeness (QED) is 0.197. The molecule has 6 rings (SSSR count). The standard InChI is InChI=1S/C32H29N2O/c1-18-7-10-23-20(3)31-28(19(2)25(23)13-18)30-29-24(11-12-34(30)6)26-14-21(16-32(4,5)17-33)8-9-22(26)15-27(29)35-31/h7-15H,16H2,1-6H3/q+1. The van der Waals surface area contributed by atoms with Crippen LogP contribution in [0.15, 0.2) is 54.7 Å². The van der Waals surface area contributed by atoms with Crippen molar-refractivity contribution >= 4 is 32.3 Å². The molecule has 0 spiro atoms. The molecule has 3 nitrogen and oxygen atoms in total. The maximum Gasteiger partial charge on any atom is 0.228 e. The second kappa shape index (κ2) is 7.30. The molecule has 0 atom stereocenters. The normalized spacial score (nSPS) is 12.6. The van der Waals surface area contributed by atoms with Gasteiger partial charge in [-0.25, -0.2) is 4.57 Å². The first-order valence-electron chi connectivity index (χ1n) is 12.2. The van der Waals surface area contributed by atoms with Crippen LogP contribution in [0.2, 0.25) is 0 Å². The van der Waals surface area contributed by atoms with Crippen molar-refractivity contribution in [3.63, 3.8) is 0 Å². The van der Waals surface area contributed by atoms with E-state index in [0.29, 0.717) is 0 Å². The van der Waals surface area contributed by atoms with Crippen molar-refractivity contribution in [1.29, 1.82) is 5.26 Å². The van der Waals surface area contributed by atoms with Gasteiger partial charge in [0, 0.05) is 17.0 Å². The molecule has 3 heteroatoms. The highest BCUT2D eigenvalue weighted by Crippen LogP contribution is 2.51. The summed E-state index contributed by atoms with van der Waals surface area (Å²) in [5.74, 6) is 1.87. The molecule has 0 radical (unpaired) electrons. The number of nitrogens with zero attached hydrogens (tertiary/aromatic N) is 2. The molecule has 0 saturated heterocycles. The van der Waals surface area contributed by atoms with Crippen LogP contribution in [-0.4, -0.2) is 0 Å². The molecule has 0 amide bonds. The van der Waals surface area contributed by atoms with Gasteiger partial charge in [-0.3, -0.25) is 0 Å². The third-order valence-electron chi connectivity index (χ3n) is 7.59. The van der Waals surface area contributed by atoms with Crippen LogP contribution >= 0.6 is 0 Å². The van der Waals surface area contributed by atoms with E-state index < -0.39 is 5.41 Å². The molecule has 2 heterocycles. The summed E-state index contributed by atoms with van der Waals surface area (Å²) in [6.07, 6.45) is 2.89. The van der Waals surface area contributed by atoms with Gasteiger partial charge in [-0.2, -0.15) is 5.26 Å². The number of fused-ring (bicyclic) bond motifs is 5. The summed E-state index contributed by atoms with van der Waals surface area (Å²) >= 11 is 0. The first kappa shape index (κ1) is 21.6. The molecule has 1 aromatic heterocycles. The lowest BCUT2D eigenvalue weighted by atomic mass is 9.85. The Morgan fingerprint density at radius 2 is 1.69 bits per heavy atom. The van der Waals surface area contributed by atoms with Gasteiger partial charge in [0.2, 0.25) is 5.69 Å². The van der Waals surface area contributed by atoms with E-state index in [9.17, 15) is 5.26 Å². The first-order valence-corrected chi connectivity index (χ1v) is 12.2. The molecule has 4 aromatic carbocycles. The Morgan fingerprint density at radius 3 is 2.46 bits per heavy atom. The minimum absolute atomic E-state index is 0.400.